The van der Waals surface area contributed by atoms with Gasteiger partial charge in [0.15, 0.2) is 17.4 Å². The van der Waals surface area contributed by atoms with E-state index >= 15 is 0 Å². The molecule has 2 saturated carbocycles. The van der Waals surface area contributed by atoms with Crippen LogP contribution in [-0.4, -0.2) is 30.6 Å². The molecule has 4 nitrogen and oxygen atoms in total. The molecule has 3 aliphatic rings. The van der Waals surface area contributed by atoms with E-state index in [0.717, 1.165) is 57.7 Å². The zero-order valence-electron chi connectivity index (χ0n) is 16.5. The van der Waals surface area contributed by atoms with Crippen LogP contribution in [0, 0.1) is 30.4 Å². The molecule has 0 amide bonds. The van der Waals surface area contributed by atoms with E-state index in [0.29, 0.717) is 17.0 Å². The lowest BCUT2D eigenvalue weighted by Crippen LogP contribution is -2.37. The van der Waals surface area contributed by atoms with Crippen LogP contribution >= 0.6 is 0 Å². The quantitative estimate of drug-likeness (QED) is 0.700. The van der Waals surface area contributed by atoms with E-state index in [2.05, 4.69) is 0 Å². The second-order valence-corrected chi connectivity index (χ2v) is 8.26. The molecule has 28 heavy (non-hydrogen) atoms. The average molecular weight is 396 g/mol. The predicted octanol–water partition coefficient (Wildman–Crippen LogP) is 5.18. The van der Waals surface area contributed by atoms with Crippen molar-refractivity contribution in [2.45, 2.75) is 70.0 Å². The summed E-state index contributed by atoms with van der Waals surface area (Å²) < 4.78 is 39.8. The Morgan fingerprint density at radius 3 is 2.07 bits per heavy atom. The second-order valence-electron chi connectivity index (χ2n) is 8.26. The lowest BCUT2D eigenvalue weighted by molar-refractivity contribution is -0.185. The molecule has 0 radical (unpaired) electrons. The van der Waals surface area contributed by atoms with Gasteiger partial charge >= 0.3 is 0 Å². The van der Waals surface area contributed by atoms with E-state index < -0.39 is 11.6 Å². The molecular weight excluding hydrogens is 366 g/mol. The minimum absolute atomic E-state index is 0.169. The largest absolute Gasteiger partial charge is 0.483 e. The molecule has 0 unspecified atom stereocenters. The van der Waals surface area contributed by atoms with Crippen LogP contribution in [0.4, 0.5) is 8.78 Å². The van der Waals surface area contributed by atoms with Gasteiger partial charge in [-0.3, -0.25) is 4.79 Å². The van der Waals surface area contributed by atoms with Crippen molar-refractivity contribution in [3.8, 4) is 0 Å². The normalized spacial score (nSPS) is 27.2. The van der Waals surface area contributed by atoms with Crippen LogP contribution in [-0.2, 0) is 14.3 Å². The Balaban J connectivity index is 0.000000706. The van der Waals surface area contributed by atoms with E-state index in [9.17, 15) is 8.78 Å². The molecule has 1 aromatic rings. The summed E-state index contributed by atoms with van der Waals surface area (Å²) in [6.07, 6.45) is 8.55. The van der Waals surface area contributed by atoms with Crippen LogP contribution in [0.3, 0.4) is 0 Å². The van der Waals surface area contributed by atoms with Crippen molar-refractivity contribution in [3.05, 3.63) is 34.9 Å². The maximum absolute atomic E-state index is 14.3. The lowest BCUT2D eigenvalue weighted by Gasteiger charge is -2.41. The lowest BCUT2D eigenvalue weighted by atomic mass is 9.69. The molecule has 6 heteroatoms. The van der Waals surface area contributed by atoms with Crippen molar-refractivity contribution in [2.24, 2.45) is 11.8 Å². The molecule has 1 heterocycles. The first-order valence-electron chi connectivity index (χ1n) is 10.3. The van der Waals surface area contributed by atoms with E-state index in [4.69, 9.17) is 19.4 Å². The van der Waals surface area contributed by atoms with E-state index in [-0.39, 0.29) is 18.2 Å². The van der Waals surface area contributed by atoms with Crippen LogP contribution in [0.1, 0.15) is 68.4 Å². The summed E-state index contributed by atoms with van der Waals surface area (Å²) in [6.45, 7) is 2.83. The predicted molar refractivity (Wildman–Crippen MR) is 101 cm³/mol. The molecule has 4 rings (SSSR count). The molecule has 3 fully saturated rings. The summed E-state index contributed by atoms with van der Waals surface area (Å²) in [6, 6.07) is 3.50. The third-order valence-corrected chi connectivity index (χ3v) is 6.79. The first-order chi connectivity index (χ1) is 13.5. The second kappa shape index (κ2) is 9.31. The van der Waals surface area contributed by atoms with Crippen LogP contribution < -0.4 is 0 Å². The van der Waals surface area contributed by atoms with Gasteiger partial charge in [0.2, 0.25) is 0 Å². The van der Waals surface area contributed by atoms with Crippen molar-refractivity contribution < 1.29 is 28.2 Å². The summed E-state index contributed by atoms with van der Waals surface area (Å²) in [5.41, 5.74) is 0.972. The summed E-state index contributed by atoms with van der Waals surface area (Å²) >= 11 is 0. The molecule has 0 atom stereocenters. The maximum Gasteiger partial charge on any atom is 0.290 e. The summed E-state index contributed by atoms with van der Waals surface area (Å²) in [5, 5.41) is 6.89. The van der Waals surface area contributed by atoms with Gasteiger partial charge in [-0.15, -0.1) is 0 Å². The highest BCUT2D eigenvalue weighted by Crippen LogP contribution is 2.46. The number of carbonyl (C=O) groups is 1. The molecule has 1 spiro atoms. The van der Waals surface area contributed by atoms with Crippen LogP contribution in [0.2, 0.25) is 0 Å². The Morgan fingerprint density at radius 2 is 1.50 bits per heavy atom. The number of benzene rings is 1. The molecule has 0 bridgehead atoms. The number of rotatable bonds is 2. The van der Waals surface area contributed by atoms with Crippen LogP contribution in [0.25, 0.3) is 0 Å². The number of aryl methyl sites for hydroxylation is 1. The highest BCUT2D eigenvalue weighted by molar-refractivity contribution is 5.32. The molecule has 2 aliphatic carbocycles. The fourth-order valence-corrected chi connectivity index (χ4v) is 5.21. The van der Waals surface area contributed by atoms with E-state index in [1.165, 1.54) is 12.8 Å². The van der Waals surface area contributed by atoms with Gasteiger partial charge in [-0.1, -0.05) is 12.1 Å². The Kier molecular flexibility index (Phi) is 7.05. The third kappa shape index (κ3) is 4.54. The first-order valence-corrected chi connectivity index (χ1v) is 10.3. The van der Waals surface area contributed by atoms with Crippen molar-refractivity contribution >= 4 is 6.47 Å². The van der Waals surface area contributed by atoms with Crippen molar-refractivity contribution in [1.29, 1.82) is 0 Å². The highest BCUT2D eigenvalue weighted by Gasteiger charge is 2.42. The Hall–Kier alpha value is -1.53. The smallest absolute Gasteiger partial charge is 0.290 e. The number of hydrogen-bond acceptors (Lipinski definition) is 3. The van der Waals surface area contributed by atoms with Gasteiger partial charge in [0, 0.05) is 12.8 Å². The van der Waals surface area contributed by atoms with Gasteiger partial charge in [0.25, 0.3) is 6.47 Å². The SMILES string of the molecule is Cc1ccc(C2CCC(C3CCC4(CC3)OCCO4)CC2)c(F)c1F.O=CO. The Morgan fingerprint density at radius 1 is 0.964 bits per heavy atom. The van der Waals surface area contributed by atoms with Gasteiger partial charge < -0.3 is 14.6 Å². The molecule has 1 aromatic carbocycles. The van der Waals surface area contributed by atoms with Gasteiger partial charge in [-0.05, 0) is 74.3 Å². The fraction of sp³-hybridized carbons (Fsp3) is 0.682. The third-order valence-electron chi connectivity index (χ3n) is 6.79. The molecule has 0 aromatic heterocycles. The Bertz CT molecular complexity index is 655. The van der Waals surface area contributed by atoms with Crippen molar-refractivity contribution in [3.63, 3.8) is 0 Å². The topological polar surface area (TPSA) is 55.8 Å². The van der Waals surface area contributed by atoms with Gasteiger partial charge in [0.05, 0.1) is 13.2 Å². The Labute approximate surface area is 165 Å². The summed E-state index contributed by atoms with van der Waals surface area (Å²) in [5.74, 6) is 0.0402. The number of carboxylic acid groups (broad SMARTS) is 1. The van der Waals surface area contributed by atoms with Gasteiger partial charge in [0.1, 0.15) is 0 Å². The van der Waals surface area contributed by atoms with Crippen molar-refractivity contribution in [1.82, 2.24) is 0 Å². The zero-order chi connectivity index (χ0) is 20.1. The highest BCUT2D eigenvalue weighted by atomic mass is 19.2. The summed E-state index contributed by atoms with van der Waals surface area (Å²) in [7, 11) is 0. The first kappa shape index (κ1) is 21.2. The minimum atomic E-state index is -0.672. The zero-order valence-corrected chi connectivity index (χ0v) is 16.5. The molecule has 1 saturated heterocycles. The average Bonchev–Trinajstić information content (AvgIpc) is 3.16. The minimum Gasteiger partial charge on any atom is -0.483 e. The molecule has 156 valence electrons. The molecular formula is C22H30F2O4. The number of ether oxygens (including phenoxy) is 2. The standard InChI is InChI=1S/C21H28F2O2.CH2O2/c1-14-2-7-18(20(23)19(14)22)17-5-3-15(4-6-17)16-8-10-21(11-9-16)24-12-13-25-21;2-1-3/h2,7,15-17H,3-6,8-13H2,1H3;1H,(H,2,3). The fourth-order valence-electron chi connectivity index (χ4n) is 5.21. The van der Waals surface area contributed by atoms with Gasteiger partial charge in [-0.25, -0.2) is 8.78 Å². The molecule has 1 aliphatic heterocycles. The van der Waals surface area contributed by atoms with Crippen LogP contribution in [0.15, 0.2) is 12.1 Å². The van der Waals surface area contributed by atoms with E-state index in [1.807, 2.05) is 0 Å². The maximum atomic E-state index is 14.3. The number of halogens is 2. The monoisotopic (exact) mass is 396 g/mol. The van der Waals surface area contributed by atoms with Gasteiger partial charge in [-0.2, -0.15) is 0 Å². The molecule has 1 N–H and O–H groups in total. The summed E-state index contributed by atoms with van der Waals surface area (Å²) in [4.78, 5) is 8.36. The number of hydrogen-bond donors (Lipinski definition) is 1. The van der Waals surface area contributed by atoms with Crippen LogP contribution in [0.5, 0.6) is 0 Å². The van der Waals surface area contributed by atoms with E-state index in [1.54, 1.807) is 19.1 Å². The van der Waals surface area contributed by atoms with Crippen molar-refractivity contribution in [2.75, 3.05) is 13.2 Å².